The van der Waals surface area contributed by atoms with Crippen molar-refractivity contribution in [3.63, 3.8) is 0 Å². The average molecular weight is 1500 g/mol. The van der Waals surface area contributed by atoms with Gasteiger partial charge in [-0.1, -0.05) is 111 Å². The van der Waals surface area contributed by atoms with E-state index in [1.54, 1.807) is 49.3 Å². The molecule has 0 saturated heterocycles. The van der Waals surface area contributed by atoms with Crippen LogP contribution in [0.5, 0.6) is 0 Å². The summed E-state index contributed by atoms with van der Waals surface area (Å²) in [5.41, 5.74) is 0. The molecule has 44 heteroatoms. The number of unbranched alkanes of at least 4 members (excludes halogenated alkanes) is 8. The Hall–Kier alpha value is 0.256. The van der Waals surface area contributed by atoms with E-state index in [4.69, 9.17) is 38.9 Å². The van der Waals surface area contributed by atoms with Crippen molar-refractivity contribution in [1.29, 1.82) is 0 Å². The Bertz CT molecular complexity index is 1690. The maximum atomic E-state index is 11.6. The largest absolute Gasteiger partial charge is 1.00 e. The molecule has 0 amide bonds. The van der Waals surface area contributed by atoms with Gasteiger partial charge < -0.3 is 20.1 Å². The number of halogens is 27. The van der Waals surface area contributed by atoms with Crippen LogP contribution in [0.25, 0.3) is 0 Å². The number of rotatable bonds is 30. The topological polar surface area (TPSA) is 230 Å². The summed E-state index contributed by atoms with van der Waals surface area (Å²) in [6.45, 7) is 9.67. The Morgan fingerprint density at radius 2 is 0.420 bits per heavy atom. The van der Waals surface area contributed by atoms with E-state index in [2.05, 4.69) is 55.4 Å². The molecule has 0 aromatic carbocycles. The molecule has 11 nitrogen and oxygen atoms in total. The van der Waals surface area contributed by atoms with Gasteiger partial charge in [-0.3, -0.25) is 4.55 Å². The third kappa shape index (κ3) is 58.8. The van der Waals surface area contributed by atoms with Gasteiger partial charge in [-0.15, -0.1) is 7.77 Å². The molecule has 0 bridgehead atoms. The van der Waals surface area contributed by atoms with Gasteiger partial charge in [0.25, 0.3) is 21.0 Å². The zero-order chi connectivity index (χ0) is 70.1. The Morgan fingerprint density at radius 3 is 0.466 bits per heavy atom. The van der Waals surface area contributed by atoms with Crippen LogP contribution in [0.1, 0.15) is 158 Å². The first-order valence-electron chi connectivity index (χ1n) is 25.5. The SMILES string of the molecule is CCCC[P+](CCCC)(CCCC)CCCC.CCCC[P+](CCCC)(CCCC)CCCC.FCC(F)(F)C(F)(F)C(F)(F)F.FCC(F)(F)C(F)(F)C(F)(F)F.FCC(F)(F)C(F)(F)C(F)(F)F.O.O=S(=O)(O)F.O=S(=O)([O-])F.O=S(=O)([O-])F.[K+].[OH-]. The minimum absolute atomic E-state index is 0. The molecule has 0 saturated carbocycles. The molecule has 0 aliphatic carbocycles. The second-order valence-electron chi connectivity index (χ2n) is 18.2. The summed E-state index contributed by atoms with van der Waals surface area (Å²) < 4.78 is 377. The second-order valence-corrected chi connectivity index (χ2v) is 29.6. The van der Waals surface area contributed by atoms with E-state index < -0.39 is 120 Å². The third-order valence-corrected chi connectivity index (χ3v) is 21.0. The molecule has 0 atom stereocenters. The van der Waals surface area contributed by atoms with E-state index in [0.717, 1.165) is 0 Å². The van der Waals surface area contributed by atoms with Crippen molar-refractivity contribution in [2.75, 3.05) is 69.3 Å². The van der Waals surface area contributed by atoms with Gasteiger partial charge in [0.2, 0.25) is 0 Å². The predicted octanol–water partition coefficient (Wildman–Crippen LogP) is 15.4. The van der Waals surface area contributed by atoms with Crippen molar-refractivity contribution in [3.05, 3.63) is 0 Å². The van der Waals surface area contributed by atoms with Gasteiger partial charge in [0.15, 0.2) is 20.0 Å². The predicted molar refractivity (Wildman–Crippen MR) is 278 cm³/mol. The van der Waals surface area contributed by atoms with Crippen molar-refractivity contribution in [1.82, 2.24) is 0 Å². The van der Waals surface area contributed by atoms with E-state index in [0.29, 0.717) is 0 Å². The quantitative estimate of drug-likeness (QED) is 0.0235. The molecule has 542 valence electrons. The Balaban J connectivity index is -0.0000000881. The summed E-state index contributed by atoms with van der Waals surface area (Å²) in [4.78, 5) is 0. The molecule has 0 spiro atoms. The molecule has 0 aliphatic rings. The maximum Gasteiger partial charge on any atom is 1.00 e. The first kappa shape index (κ1) is 113. The molecule has 0 radical (unpaired) electrons. The van der Waals surface area contributed by atoms with Gasteiger partial charge in [-0.25, -0.2) is 30.0 Å². The molecular formula is C44H82F27KO11P2S3. The molecule has 0 aromatic rings. The van der Waals surface area contributed by atoms with E-state index in [9.17, 15) is 117 Å². The Labute approximate surface area is 542 Å². The normalized spacial score (nSPS) is 12.8. The van der Waals surface area contributed by atoms with Crippen LogP contribution in [0.15, 0.2) is 0 Å². The summed E-state index contributed by atoms with van der Waals surface area (Å²) in [6.07, 6.45) is 16.6. The van der Waals surface area contributed by atoms with Crippen LogP contribution in [-0.4, -0.2) is 173 Å². The molecule has 0 fully saturated rings. The van der Waals surface area contributed by atoms with E-state index >= 15 is 0 Å². The fraction of sp³-hybridized carbons (Fsp3) is 1.00. The number of alkyl halides is 24. The van der Waals surface area contributed by atoms with Gasteiger partial charge in [-0.2, -0.15) is 101 Å². The minimum atomic E-state index is -6.44. The second kappa shape index (κ2) is 52.4. The van der Waals surface area contributed by atoms with E-state index in [1.165, 1.54) is 103 Å². The van der Waals surface area contributed by atoms with Crippen molar-refractivity contribution in [3.8, 4) is 0 Å². The minimum Gasteiger partial charge on any atom is -0.870 e. The first-order chi connectivity index (χ1) is 37.7. The fourth-order valence-corrected chi connectivity index (χ4v) is 16.7. The Morgan fingerprint density at radius 1 is 0.330 bits per heavy atom. The third-order valence-electron chi connectivity index (χ3n) is 10.8. The van der Waals surface area contributed by atoms with Crippen molar-refractivity contribution in [2.45, 2.75) is 212 Å². The van der Waals surface area contributed by atoms with Gasteiger partial charge in [0.1, 0.15) is 0 Å². The van der Waals surface area contributed by atoms with Crippen molar-refractivity contribution in [2.24, 2.45) is 0 Å². The summed E-state index contributed by atoms with van der Waals surface area (Å²) >= 11 is 0. The smallest absolute Gasteiger partial charge is 0.870 e. The fourth-order valence-electron chi connectivity index (χ4n) is 6.16. The number of hydrogen-bond donors (Lipinski definition) is 1. The van der Waals surface area contributed by atoms with Gasteiger partial charge >= 0.3 is 116 Å². The first-order valence-corrected chi connectivity index (χ1v) is 34.5. The van der Waals surface area contributed by atoms with Crippen LogP contribution in [0.3, 0.4) is 0 Å². The standard InChI is InChI=1S/2C16H36P.3C4H2F8.3FHO3S.K.2H2O/c2*1-5-9-13-17(14-10-6-2,15-11-7-3)16-12-8-4;3*5-1-2(6,7)3(8,9)4(10,11)12;3*1-5(2,3)4;;;/h2*5-16H2,1-4H3;3*1H2;3*(H,2,3,4);;2*1H2/q2*+1;;;;;;;+1;;/p-3. The average Bonchev–Trinajstić information content (AvgIpc) is 3.33. The van der Waals surface area contributed by atoms with Crippen molar-refractivity contribution >= 4 is 46.0 Å². The molecular weight excluding hydrogens is 1410 g/mol. The van der Waals surface area contributed by atoms with Crippen LogP contribution >= 0.6 is 14.5 Å². The van der Waals surface area contributed by atoms with E-state index in [-0.39, 0.29) is 62.3 Å². The molecule has 0 aliphatic heterocycles. The molecule has 0 rings (SSSR count). The molecule has 88 heavy (non-hydrogen) atoms. The van der Waals surface area contributed by atoms with E-state index in [1.807, 2.05) is 0 Å². The summed E-state index contributed by atoms with van der Waals surface area (Å²) in [7, 11) is -17.1. The van der Waals surface area contributed by atoms with Crippen LogP contribution in [-0.2, 0) is 31.5 Å². The Kier molecular flexibility index (Phi) is 67.1. The molecule has 0 aromatic heterocycles. The van der Waals surface area contributed by atoms with Crippen LogP contribution in [0, 0.1) is 0 Å². The van der Waals surface area contributed by atoms with Gasteiger partial charge in [0.05, 0.1) is 49.3 Å². The summed E-state index contributed by atoms with van der Waals surface area (Å²) in [6, 6.07) is 0. The van der Waals surface area contributed by atoms with Crippen molar-refractivity contribution < 1.29 is 218 Å². The molecule has 4 N–H and O–H groups in total. The summed E-state index contributed by atoms with van der Waals surface area (Å²) in [5, 5.41) is 0. The van der Waals surface area contributed by atoms with Crippen LogP contribution < -0.4 is 51.4 Å². The summed E-state index contributed by atoms with van der Waals surface area (Å²) in [5.74, 6) is -36.1. The monoisotopic (exact) mass is 1500 g/mol. The van der Waals surface area contributed by atoms with Gasteiger partial charge in [0, 0.05) is 14.5 Å². The van der Waals surface area contributed by atoms with Gasteiger partial charge in [-0.05, 0) is 51.4 Å². The zero-order valence-electron chi connectivity index (χ0n) is 49.6. The zero-order valence-corrected chi connectivity index (χ0v) is 56.9. The number of hydrogen-bond acceptors (Lipinski definition) is 9. The van der Waals surface area contributed by atoms with Crippen LogP contribution in [0.2, 0.25) is 0 Å². The van der Waals surface area contributed by atoms with Crippen LogP contribution in [0.4, 0.5) is 117 Å². The molecule has 0 heterocycles. The molecule has 0 unspecified atom stereocenters. The maximum absolute atomic E-state index is 11.6.